The van der Waals surface area contributed by atoms with Crippen molar-refractivity contribution in [3.8, 4) is 16.9 Å². The SMILES string of the molecule is Cc1ccc(S(=O)(=O)NC(=O)OCCc2ccc(-n3c(N)nc(-c4ccccc4)c3C)cc2)cc1. The van der Waals surface area contributed by atoms with Crippen LogP contribution in [0.5, 0.6) is 0 Å². The Kier molecular flexibility index (Phi) is 6.88. The Balaban J connectivity index is 1.36. The summed E-state index contributed by atoms with van der Waals surface area (Å²) in [7, 11) is -3.98. The highest BCUT2D eigenvalue weighted by Gasteiger charge is 2.18. The highest BCUT2D eigenvalue weighted by Crippen LogP contribution is 2.27. The number of anilines is 1. The van der Waals surface area contributed by atoms with Gasteiger partial charge in [-0.3, -0.25) is 4.57 Å². The van der Waals surface area contributed by atoms with Gasteiger partial charge in [0.05, 0.1) is 17.2 Å². The third-order valence-corrected chi connectivity index (χ3v) is 6.88. The van der Waals surface area contributed by atoms with Crippen LogP contribution in [0.3, 0.4) is 0 Å². The van der Waals surface area contributed by atoms with Crippen molar-refractivity contribution in [2.45, 2.75) is 25.2 Å². The van der Waals surface area contributed by atoms with Gasteiger partial charge in [-0.05, 0) is 43.7 Å². The molecule has 0 aliphatic rings. The topological polar surface area (TPSA) is 116 Å². The van der Waals surface area contributed by atoms with Gasteiger partial charge in [-0.25, -0.2) is 22.9 Å². The van der Waals surface area contributed by atoms with Crippen molar-refractivity contribution in [1.82, 2.24) is 14.3 Å². The van der Waals surface area contributed by atoms with Crippen LogP contribution in [0.2, 0.25) is 0 Å². The molecule has 0 fully saturated rings. The minimum absolute atomic E-state index is 0.000119. The zero-order valence-electron chi connectivity index (χ0n) is 19.4. The first-order valence-electron chi connectivity index (χ1n) is 11.0. The zero-order chi connectivity index (χ0) is 25.0. The maximum Gasteiger partial charge on any atom is 0.421 e. The van der Waals surface area contributed by atoms with E-state index >= 15 is 0 Å². The molecule has 35 heavy (non-hydrogen) atoms. The minimum atomic E-state index is -3.98. The number of nitrogen functional groups attached to an aromatic ring is 1. The van der Waals surface area contributed by atoms with Gasteiger partial charge in [-0.2, -0.15) is 0 Å². The van der Waals surface area contributed by atoms with E-state index in [1.165, 1.54) is 12.1 Å². The van der Waals surface area contributed by atoms with Crippen LogP contribution in [0, 0.1) is 13.8 Å². The summed E-state index contributed by atoms with van der Waals surface area (Å²) in [5, 5.41) is 0. The number of rotatable bonds is 7. The van der Waals surface area contributed by atoms with E-state index in [1.807, 2.05) is 77.7 Å². The van der Waals surface area contributed by atoms with E-state index in [0.29, 0.717) is 12.4 Å². The Morgan fingerprint density at radius 3 is 2.29 bits per heavy atom. The molecular formula is C26H26N4O4S. The number of aromatic nitrogens is 2. The Labute approximate surface area is 204 Å². The lowest BCUT2D eigenvalue weighted by atomic mass is 10.1. The molecule has 1 heterocycles. The number of sulfonamides is 1. The third-order valence-electron chi connectivity index (χ3n) is 5.55. The Morgan fingerprint density at radius 1 is 0.971 bits per heavy atom. The van der Waals surface area contributed by atoms with E-state index in [2.05, 4.69) is 4.98 Å². The first-order valence-corrected chi connectivity index (χ1v) is 12.5. The molecule has 0 spiro atoms. The lowest BCUT2D eigenvalue weighted by Crippen LogP contribution is -2.31. The van der Waals surface area contributed by atoms with E-state index in [1.54, 1.807) is 12.1 Å². The van der Waals surface area contributed by atoms with Crippen LogP contribution in [0.25, 0.3) is 16.9 Å². The molecule has 1 amide bonds. The Bertz CT molecular complexity index is 1430. The normalized spacial score (nSPS) is 11.3. The third kappa shape index (κ3) is 5.52. The molecule has 9 heteroatoms. The number of ether oxygens (including phenoxy) is 1. The smallest absolute Gasteiger partial charge is 0.421 e. The van der Waals surface area contributed by atoms with Crippen molar-refractivity contribution in [1.29, 1.82) is 0 Å². The molecule has 8 nitrogen and oxygen atoms in total. The van der Waals surface area contributed by atoms with Crippen LogP contribution in [-0.4, -0.2) is 30.7 Å². The first kappa shape index (κ1) is 24.0. The van der Waals surface area contributed by atoms with Crippen LogP contribution in [0.4, 0.5) is 10.7 Å². The summed E-state index contributed by atoms with van der Waals surface area (Å²) >= 11 is 0. The second kappa shape index (κ2) is 10.0. The van der Waals surface area contributed by atoms with Crippen molar-refractivity contribution < 1.29 is 17.9 Å². The van der Waals surface area contributed by atoms with Crippen LogP contribution < -0.4 is 10.5 Å². The number of benzene rings is 3. The van der Waals surface area contributed by atoms with Crippen LogP contribution in [-0.2, 0) is 21.2 Å². The molecule has 0 aliphatic heterocycles. The molecule has 1 aromatic heterocycles. The van der Waals surface area contributed by atoms with Gasteiger partial charge in [-0.1, -0.05) is 60.2 Å². The largest absolute Gasteiger partial charge is 0.448 e. The van der Waals surface area contributed by atoms with Crippen LogP contribution >= 0.6 is 0 Å². The molecule has 4 aromatic rings. The molecule has 0 saturated heterocycles. The van der Waals surface area contributed by atoms with Crippen molar-refractivity contribution in [3.63, 3.8) is 0 Å². The van der Waals surface area contributed by atoms with Gasteiger partial charge in [0.1, 0.15) is 0 Å². The van der Waals surface area contributed by atoms with Gasteiger partial charge < -0.3 is 10.5 Å². The fourth-order valence-corrected chi connectivity index (χ4v) is 4.60. The average molecular weight is 491 g/mol. The lowest BCUT2D eigenvalue weighted by Gasteiger charge is -2.10. The zero-order valence-corrected chi connectivity index (χ0v) is 20.2. The molecule has 0 unspecified atom stereocenters. The van der Waals surface area contributed by atoms with Gasteiger partial charge in [0.25, 0.3) is 10.0 Å². The molecule has 0 saturated carbocycles. The number of imidazole rings is 1. The fourth-order valence-electron chi connectivity index (χ4n) is 3.71. The number of nitrogens with zero attached hydrogens (tertiary/aromatic N) is 2. The summed E-state index contributed by atoms with van der Waals surface area (Å²) in [4.78, 5) is 16.5. The second-order valence-corrected chi connectivity index (χ2v) is 9.76. The number of carbonyl (C=O) groups is 1. The predicted molar refractivity (Wildman–Crippen MR) is 135 cm³/mol. The fraction of sp³-hybridized carbons (Fsp3) is 0.154. The summed E-state index contributed by atoms with van der Waals surface area (Å²) in [6.45, 7) is 3.84. The van der Waals surface area contributed by atoms with Crippen molar-refractivity contribution in [2.24, 2.45) is 0 Å². The van der Waals surface area contributed by atoms with Crippen molar-refractivity contribution >= 4 is 22.1 Å². The summed E-state index contributed by atoms with van der Waals surface area (Å²) in [6, 6.07) is 23.7. The summed E-state index contributed by atoms with van der Waals surface area (Å²) in [5.41, 5.74) is 11.6. The molecule has 0 atom stereocenters. The number of nitrogens with two attached hydrogens (primary N) is 1. The highest BCUT2D eigenvalue weighted by molar-refractivity contribution is 7.90. The number of hydrogen-bond donors (Lipinski definition) is 2. The van der Waals surface area contributed by atoms with E-state index < -0.39 is 16.1 Å². The van der Waals surface area contributed by atoms with Crippen molar-refractivity contribution in [2.75, 3.05) is 12.3 Å². The van der Waals surface area contributed by atoms with Crippen LogP contribution in [0.15, 0.2) is 83.8 Å². The number of nitrogens with one attached hydrogen (secondary N) is 1. The monoisotopic (exact) mass is 490 g/mol. The average Bonchev–Trinajstić information content (AvgIpc) is 3.14. The minimum Gasteiger partial charge on any atom is -0.448 e. The predicted octanol–water partition coefficient (Wildman–Crippen LogP) is 4.40. The first-order chi connectivity index (χ1) is 16.7. The highest BCUT2D eigenvalue weighted by atomic mass is 32.2. The number of hydrogen-bond acceptors (Lipinski definition) is 6. The second-order valence-electron chi connectivity index (χ2n) is 8.08. The lowest BCUT2D eigenvalue weighted by molar-refractivity contribution is 0.154. The van der Waals surface area contributed by atoms with Crippen LogP contribution in [0.1, 0.15) is 16.8 Å². The number of amides is 1. The summed E-state index contributed by atoms with van der Waals surface area (Å²) < 4.78 is 33.4. The van der Waals surface area contributed by atoms with E-state index in [0.717, 1.165) is 33.8 Å². The van der Waals surface area contributed by atoms with Gasteiger partial charge in [0, 0.05) is 23.4 Å². The maximum absolute atomic E-state index is 12.3. The van der Waals surface area contributed by atoms with Gasteiger partial charge >= 0.3 is 6.09 Å². The molecule has 180 valence electrons. The van der Waals surface area contributed by atoms with E-state index in [4.69, 9.17) is 10.5 Å². The quantitative estimate of drug-likeness (QED) is 0.397. The molecule has 0 aliphatic carbocycles. The van der Waals surface area contributed by atoms with E-state index in [-0.39, 0.29) is 11.5 Å². The van der Waals surface area contributed by atoms with E-state index in [9.17, 15) is 13.2 Å². The van der Waals surface area contributed by atoms with Gasteiger partial charge in [0.2, 0.25) is 5.95 Å². The molecule has 3 N–H and O–H groups in total. The summed E-state index contributed by atoms with van der Waals surface area (Å²) in [6.07, 6.45) is -0.594. The molecule has 3 aromatic carbocycles. The molecular weight excluding hydrogens is 464 g/mol. The Morgan fingerprint density at radius 2 is 1.63 bits per heavy atom. The summed E-state index contributed by atoms with van der Waals surface area (Å²) in [5.74, 6) is 0.392. The maximum atomic E-state index is 12.3. The molecule has 4 rings (SSSR count). The molecule has 0 bridgehead atoms. The Hall–Kier alpha value is -4.11. The number of carbonyl (C=O) groups excluding carboxylic acids is 1. The molecule has 0 radical (unpaired) electrons. The van der Waals surface area contributed by atoms with Crippen molar-refractivity contribution in [3.05, 3.63) is 95.7 Å². The standard InChI is InChI=1S/C26H26N4O4S/c1-18-8-14-23(15-9-18)35(32,33)29-26(31)34-17-16-20-10-12-22(13-11-20)30-19(2)24(28-25(30)27)21-6-4-3-5-7-21/h3-15H,16-17H2,1-2H3,(H2,27,28)(H,29,31). The van der Waals surface area contributed by atoms with Gasteiger partial charge in [0.15, 0.2) is 0 Å². The number of aryl methyl sites for hydroxylation is 1. The van der Waals surface area contributed by atoms with Gasteiger partial charge in [-0.15, -0.1) is 0 Å².